The number of nitrogens with one attached hydrogen (secondary N) is 3. The number of hydrogen-bond donors (Lipinski definition) is 3. The second-order valence-electron chi connectivity index (χ2n) is 7.61. The Balaban J connectivity index is 1.82. The van der Waals surface area contributed by atoms with Crippen molar-refractivity contribution in [1.82, 2.24) is 15.3 Å². The van der Waals surface area contributed by atoms with E-state index in [1.807, 2.05) is 44.2 Å². The van der Waals surface area contributed by atoms with Gasteiger partial charge in [0.1, 0.15) is 5.75 Å². The topological polar surface area (TPSA) is 111 Å². The van der Waals surface area contributed by atoms with Gasteiger partial charge in [-0.25, -0.2) is 15.0 Å². The summed E-state index contributed by atoms with van der Waals surface area (Å²) in [5.41, 5.74) is 3.29. The number of rotatable bonds is 8. The van der Waals surface area contributed by atoms with Crippen LogP contribution in [0.3, 0.4) is 0 Å². The van der Waals surface area contributed by atoms with Gasteiger partial charge in [0, 0.05) is 29.2 Å². The molecule has 0 fully saturated rings. The van der Waals surface area contributed by atoms with Crippen molar-refractivity contribution in [1.29, 1.82) is 0 Å². The quantitative estimate of drug-likeness (QED) is 0.233. The van der Waals surface area contributed by atoms with Crippen LogP contribution in [0, 0.1) is 13.8 Å². The number of ether oxygens (including phenoxy) is 4. The number of hydrogen-bond acceptors (Lipinski definition) is 8. The fraction of sp³-hybridized carbons (Fsp3) is 0.280. The van der Waals surface area contributed by atoms with Gasteiger partial charge in [-0.3, -0.25) is 5.32 Å². The normalized spacial score (nSPS) is 10.9. The van der Waals surface area contributed by atoms with Crippen molar-refractivity contribution in [3.63, 3.8) is 0 Å². The van der Waals surface area contributed by atoms with E-state index in [9.17, 15) is 0 Å². The Labute approximate surface area is 216 Å². The summed E-state index contributed by atoms with van der Waals surface area (Å²) in [5.74, 6) is 3.04. The molecule has 0 aliphatic heterocycles. The molecule has 2 aromatic carbocycles. The SMILES string of the molecule is COc1ccc(CN=C(NC(=S)Nc2cc(OC)c(OC)c(OC)c2)Nc2nc(C)cc(C)n2)cc1. The molecule has 10 nitrogen and oxygen atoms in total. The number of aromatic nitrogens is 2. The molecule has 3 aromatic rings. The van der Waals surface area contributed by atoms with E-state index in [-0.39, 0.29) is 5.11 Å². The van der Waals surface area contributed by atoms with E-state index in [1.165, 1.54) is 0 Å². The van der Waals surface area contributed by atoms with E-state index in [4.69, 9.17) is 31.2 Å². The Kier molecular flexibility index (Phi) is 9.23. The predicted molar refractivity (Wildman–Crippen MR) is 145 cm³/mol. The van der Waals surface area contributed by atoms with Crippen LogP contribution >= 0.6 is 12.2 Å². The maximum Gasteiger partial charge on any atom is 0.229 e. The van der Waals surface area contributed by atoms with Crippen molar-refractivity contribution < 1.29 is 18.9 Å². The van der Waals surface area contributed by atoms with E-state index in [0.29, 0.717) is 41.4 Å². The average Bonchev–Trinajstić information content (AvgIpc) is 2.86. The minimum absolute atomic E-state index is 0.287. The molecule has 3 rings (SSSR count). The van der Waals surface area contributed by atoms with Gasteiger partial charge in [-0.2, -0.15) is 0 Å². The van der Waals surface area contributed by atoms with Gasteiger partial charge in [-0.05, 0) is 49.8 Å². The number of thiocarbonyl (C=S) groups is 1. The standard InChI is InChI=1S/C25H30N6O4S/c1-15-11-16(2)28-24(27-15)30-23(26-14-17-7-9-19(32-3)10-8-17)31-25(36)29-18-12-20(33-4)22(35-6)21(13-18)34-5/h7-13H,14H2,1-6H3,(H3,26,27,28,29,30,31,36). The van der Waals surface area contributed by atoms with Crippen molar-refractivity contribution in [3.05, 3.63) is 59.4 Å². The van der Waals surface area contributed by atoms with Crippen LogP contribution in [0.25, 0.3) is 0 Å². The summed E-state index contributed by atoms with van der Waals surface area (Å²) in [5, 5.41) is 9.63. The molecule has 0 unspecified atom stereocenters. The van der Waals surface area contributed by atoms with Crippen LogP contribution in [0.2, 0.25) is 0 Å². The van der Waals surface area contributed by atoms with Crippen LogP contribution in [0.15, 0.2) is 47.5 Å². The van der Waals surface area contributed by atoms with Gasteiger partial charge >= 0.3 is 0 Å². The third kappa shape index (κ3) is 7.19. The van der Waals surface area contributed by atoms with Crippen molar-refractivity contribution in [2.75, 3.05) is 39.1 Å². The highest BCUT2D eigenvalue weighted by Crippen LogP contribution is 2.39. The largest absolute Gasteiger partial charge is 0.497 e. The molecule has 1 aromatic heterocycles. The molecular weight excluding hydrogens is 480 g/mol. The fourth-order valence-electron chi connectivity index (χ4n) is 3.32. The third-order valence-corrected chi connectivity index (χ3v) is 5.15. The first-order valence-corrected chi connectivity index (χ1v) is 11.4. The number of guanidine groups is 1. The minimum Gasteiger partial charge on any atom is -0.497 e. The summed E-state index contributed by atoms with van der Waals surface area (Å²) >= 11 is 5.55. The van der Waals surface area contributed by atoms with E-state index >= 15 is 0 Å². The molecule has 0 amide bonds. The van der Waals surface area contributed by atoms with E-state index in [0.717, 1.165) is 22.7 Å². The first kappa shape index (κ1) is 26.5. The van der Waals surface area contributed by atoms with Crippen molar-refractivity contribution in [2.45, 2.75) is 20.4 Å². The van der Waals surface area contributed by atoms with Crippen LogP contribution in [-0.4, -0.2) is 49.5 Å². The molecule has 190 valence electrons. The van der Waals surface area contributed by atoms with Gasteiger partial charge in [0.2, 0.25) is 17.7 Å². The number of methoxy groups -OCH3 is 4. The molecule has 0 spiro atoms. The smallest absolute Gasteiger partial charge is 0.229 e. The maximum absolute atomic E-state index is 5.55. The van der Waals surface area contributed by atoms with Gasteiger partial charge in [0.15, 0.2) is 16.6 Å². The third-order valence-electron chi connectivity index (χ3n) is 4.95. The van der Waals surface area contributed by atoms with Crippen molar-refractivity contribution >= 4 is 34.9 Å². The van der Waals surface area contributed by atoms with Crippen LogP contribution in [0.4, 0.5) is 11.6 Å². The molecule has 1 heterocycles. The summed E-state index contributed by atoms with van der Waals surface area (Å²) in [7, 11) is 6.28. The first-order chi connectivity index (χ1) is 17.3. The van der Waals surface area contributed by atoms with Crippen LogP contribution < -0.4 is 34.9 Å². The number of aliphatic imine (C=N–C) groups is 1. The maximum atomic E-state index is 5.55. The van der Waals surface area contributed by atoms with Gasteiger partial charge in [-0.1, -0.05) is 12.1 Å². The summed E-state index contributed by atoms with van der Waals surface area (Å²) in [4.78, 5) is 13.5. The minimum atomic E-state index is 0.287. The highest BCUT2D eigenvalue weighted by Gasteiger charge is 2.14. The first-order valence-electron chi connectivity index (χ1n) is 11.0. The lowest BCUT2D eigenvalue weighted by atomic mass is 10.2. The molecule has 11 heteroatoms. The molecule has 0 bridgehead atoms. The summed E-state index contributed by atoms with van der Waals surface area (Å²) in [6.07, 6.45) is 0. The van der Waals surface area contributed by atoms with Gasteiger partial charge in [0.05, 0.1) is 35.0 Å². The van der Waals surface area contributed by atoms with Gasteiger partial charge in [0.25, 0.3) is 0 Å². The fourth-order valence-corrected chi connectivity index (χ4v) is 3.54. The predicted octanol–water partition coefficient (Wildman–Crippen LogP) is 4.08. The van der Waals surface area contributed by atoms with E-state index < -0.39 is 0 Å². The number of anilines is 2. The molecule has 0 aliphatic carbocycles. The second-order valence-corrected chi connectivity index (χ2v) is 8.01. The lowest BCUT2D eigenvalue weighted by Crippen LogP contribution is -2.39. The Morgan fingerprint density at radius 2 is 1.44 bits per heavy atom. The number of aryl methyl sites for hydroxylation is 2. The van der Waals surface area contributed by atoms with E-state index in [2.05, 4.69) is 30.9 Å². The zero-order valence-corrected chi connectivity index (χ0v) is 21.9. The number of nitrogens with zero attached hydrogens (tertiary/aromatic N) is 3. The van der Waals surface area contributed by atoms with Crippen molar-refractivity contribution in [2.24, 2.45) is 4.99 Å². The lowest BCUT2D eigenvalue weighted by Gasteiger charge is -2.17. The van der Waals surface area contributed by atoms with Crippen LogP contribution in [-0.2, 0) is 6.54 Å². The lowest BCUT2D eigenvalue weighted by molar-refractivity contribution is 0.324. The van der Waals surface area contributed by atoms with Crippen molar-refractivity contribution in [3.8, 4) is 23.0 Å². The Hall–Kier alpha value is -4.12. The Bertz CT molecular complexity index is 1190. The molecule has 0 aliphatic rings. The molecule has 0 atom stereocenters. The van der Waals surface area contributed by atoms with Crippen LogP contribution in [0.1, 0.15) is 17.0 Å². The Morgan fingerprint density at radius 1 is 0.833 bits per heavy atom. The highest BCUT2D eigenvalue weighted by atomic mass is 32.1. The number of benzene rings is 2. The monoisotopic (exact) mass is 510 g/mol. The summed E-state index contributed by atoms with van der Waals surface area (Å²) in [6, 6.07) is 13.1. The summed E-state index contributed by atoms with van der Waals surface area (Å²) in [6.45, 7) is 4.19. The zero-order chi connectivity index (χ0) is 26.1. The molecule has 0 saturated heterocycles. The van der Waals surface area contributed by atoms with Gasteiger partial charge in [-0.15, -0.1) is 0 Å². The highest BCUT2D eigenvalue weighted by molar-refractivity contribution is 7.80. The van der Waals surface area contributed by atoms with Gasteiger partial charge < -0.3 is 29.6 Å². The Morgan fingerprint density at radius 3 is 1.97 bits per heavy atom. The van der Waals surface area contributed by atoms with E-state index in [1.54, 1.807) is 40.6 Å². The molecule has 0 saturated carbocycles. The molecular formula is C25H30N6O4S. The average molecular weight is 511 g/mol. The molecule has 3 N–H and O–H groups in total. The molecule has 36 heavy (non-hydrogen) atoms. The van der Waals surface area contributed by atoms with Crippen LogP contribution in [0.5, 0.6) is 23.0 Å². The summed E-state index contributed by atoms with van der Waals surface area (Å²) < 4.78 is 21.4. The zero-order valence-electron chi connectivity index (χ0n) is 21.1. The second kappa shape index (κ2) is 12.5. The molecule has 0 radical (unpaired) electrons.